The highest BCUT2D eigenvalue weighted by Crippen LogP contribution is 2.32. The average Bonchev–Trinajstić information content (AvgIpc) is 3.42. The largest absolute Gasteiger partial charge is 0.287 e. The van der Waals surface area contributed by atoms with Crippen molar-refractivity contribution in [3.05, 3.63) is 120 Å². The van der Waals surface area contributed by atoms with Crippen LogP contribution in [0.25, 0.3) is 21.9 Å². The third-order valence-electron chi connectivity index (χ3n) is 6.45. The van der Waals surface area contributed by atoms with Gasteiger partial charge in [0.15, 0.2) is 0 Å². The van der Waals surface area contributed by atoms with E-state index >= 15 is 0 Å². The van der Waals surface area contributed by atoms with Crippen molar-refractivity contribution in [1.29, 1.82) is 10.5 Å². The predicted molar refractivity (Wildman–Crippen MR) is 148 cm³/mol. The Morgan fingerprint density at radius 1 is 0.872 bits per heavy atom. The lowest BCUT2D eigenvalue weighted by Gasteiger charge is -2.23. The Labute approximate surface area is 227 Å². The second-order valence-electron chi connectivity index (χ2n) is 9.26. The lowest BCUT2D eigenvalue weighted by Crippen LogP contribution is -2.25. The number of rotatable bonds is 8. The van der Waals surface area contributed by atoms with E-state index in [2.05, 4.69) is 27.0 Å². The Hall–Kier alpha value is -4.83. The van der Waals surface area contributed by atoms with Crippen molar-refractivity contribution in [2.45, 2.75) is 19.6 Å². The molecule has 5 aromatic rings. The minimum atomic E-state index is -3.52. The first-order chi connectivity index (χ1) is 18.9. The van der Waals surface area contributed by atoms with Gasteiger partial charge < -0.3 is 0 Å². The zero-order valence-electron chi connectivity index (χ0n) is 21.2. The minimum absolute atomic E-state index is 0.290. The fraction of sp³-hybridized carbons (Fsp3) is 0.133. The normalized spacial score (nSPS) is 11.4. The third-order valence-corrected chi connectivity index (χ3v) is 7.49. The van der Waals surface area contributed by atoms with Gasteiger partial charge in [-0.25, -0.2) is 17.4 Å². The zero-order valence-corrected chi connectivity index (χ0v) is 22.0. The molecule has 2 heterocycles. The number of hydrogen-bond donors (Lipinski definition) is 0. The van der Waals surface area contributed by atoms with Crippen molar-refractivity contribution in [2.24, 2.45) is 0 Å². The molecule has 2 aromatic heterocycles. The second-order valence-corrected chi connectivity index (χ2v) is 11.1. The van der Waals surface area contributed by atoms with Crippen molar-refractivity contribution in [3.63, 3.8) is 0 Å². The van der Waals surface area contributed by atoms with Crippen LogP contribution in [0.2, 0.25) is 0 Å². The van der Waals surface area contributed by atoms with E-state index in [1.54, 1.807) is 18.3 Å². The Bertz CT molecular complexity index is 1840. The molecule has 0 aliphatic carbocycles. The van der Waals surface area contributed by atoms with Crippen LogP contribution in [0.4, 0.5) is 0 Å². The number of nitriles is 2. The van der Waals surface area contributed by atoms with Crippen molar-refractivity contribution in [1.82, 2.24) is 18.8 Å². The highest BCUT2D eigenvalue weighted by Gasteiger charge is 2.17. The van der Waals surface area contributed by atoms with Crippen LogP contribution >= 0.6 is 0 Å². The molecule has 192 valence electrons. The molecule has 0 bridgehead atoms. The molecular weight excluding hydrogens is 508 g/mol. The van der Waals surface area contributed by atoms with Gasteiger partial charge in [-0.3, -0.25) is 9.88 Å². The molecule has 0 fully saturated rings. The highest BCUT2D eigenvalue weighted by atomic mass is 32.2. The summed E-state index contributed by atoms with van der Waals surface area (Å²) >= 11 is 0. The summed E-state index contributed by atoms with van der Waals surface area (Å²) in [6.07, 6.45) is 5.50. The number of fused-ring (bicyclic) bond motifs is 1. The molecule has 0 saturated heterocycles. The summed E-state index contributed by atoms with van der Waals surface area (Å²) in [7, 11) is -3.52. The van der Waals surface area contributed by atoms with Crippen LogP contribution in [0.1, 0.15) is 28.1 Å². The van der Waals surface area contributed by atoms with Gasteiger partial charge in [-0.2, -0.15) is 10.5 Å². The van der Waals surface area contributed by atoms with Gasteiger partial charge in [0.1, 0.15) is 12.4 Å². The topological polar surface area (TPSA) is 116 Å². The molecule has 8 nitrogen and oxygen atoms in total. The molecule has 9 heteroatoms. The van der Waals surface area contributed by atoms with Gasteiger partial charge >= 0.3 is 0 Å². The van der Waals surface area contributed by atoms with Gasteiger partial charge in [0, 0.05) is 31.4 Å². The number of benzene rings is 3. The fourth-order valence-corrected chi connectivity index (χ4v) is 5.42. The summed E-state index contributed by atoms with van der Waals surface area (Å²) in [6.45, 7) is 1.16. The summed E-state index contributed by atoms with van der Waals surface area (Å²) in [5.74, 6) is 0. The second kappa shape index (κ2) is 10.9. The SMILES string of the molecule is CS(=O)(=O)n1cncc1CN(Cc1ccc(C#N)c(-c2cccc3ccccc23)c1)Cc1ccc(C#N)cn1. The van der Waals surface area contributed by atoms with Crippen molar-refractivity contribution in [2.75, 3.05) is 6.26 Å². The van der Waals surface area contributed by atoms with Crippen LogP contribution in [-0.4, -0.2) is 33.5 Å². The molecule has 0 radical (unpaired) electrons. The first-order valence-corrected chi connectivity index (χ1v) is 14.0. The van der Waals surface area contributed by atoms with E-state index in [1.807, 2.05) is 60.7 Å². The van der Waals surface area contributed by atoms with E-state index in [-0.39, 0.29) is 0 Å². The van der Waals surface area contributed by atoms with Gasteiger partial charge in [0.2, 0.25) is 10.0 Å². The maximum atomic E-state index is 12.3. The van der Waals surface area contributed by atoms with Crippen molar-refractivity contribution >= 4 is 20.8 Å². The average molecular weight is 533 g/mol. The maximum Gasteiger partial charge on any atom is 0.237 e. The van der Waals surface area contributed by atoms with E-state index in [1.165, 1.54) is 16.5 Å². The van der Waals surface area contributed by atoms with Gasteiger partial charge in [-0.05, 0) is 46.2 Å². The maximum absolute atomic E-state index is 12.3. The van der Waals surface area contributed by atoms with E-state index in [9.17, 15) is 13.7 Å². The number of nitrogens with zero attached hydrogens (tertiary/aromatic N) is 6. The molecule has 0 amide bonds. The summed E-state index contributed by atoms with van der Waals surface area (Å²) in [5, 5.41) is 21.2. The van der Waals surface area contributed by atoms with Gasteiger partial charge in [0.05, 0.1) is 41.0 Å². The van der Waals surface area contributed by atoms with E-state index in [4.69, 9.17) is 5.26 Å². The number of hydrogen-bond acceptors (Lipinski definition) is 7. The number of pyridine rings is 1. The van der Waals surface area contributed by atoms with Crippen LogP contribution in [0.3, 0.4) is 0 Å². The quantitative estimate of drug-likeness (QED) is 0.280. The lowest BCUT2D eigenvalue weighted by atomic mass is 9.93. The van der Waals surface area contributed by atoms with Gasteiger partial charge in [0.25, 0.3) is 0 Å². The molecule has 39 heavy (non-hydrogen) atoms. The Morgan fingerprint density at radius 2 is 1.69 bits per heavy atom. The van der Waals surface area contributed by atoms with Crippen molar-refractivity contribution in [3.8, 4) is 23.3 Å². The smallest absolute Gasteiger partial charge is 0.237 e. The third kappa shape index (κ3) is 5.70. The molecule has 0 saturated carbocycles. The number of aromatic nitrogens is 3. The van der Waals surface area contributed by atoms with E-state index < -0.39 is 10.0 Å². The summed E-state index contributed by atoms with van der Waals surface area (Å²) in [4.78, 5) is 10.5. The molecule has 0 spiro atoms. The van der Waals surface area contributed by atoms with E-state index in [0.717, 1.165) is 39.4 Å². The molecule has 5 rings (SSSR count). The van der Waals surface area contributed by atoms with Gasteiger partial charge in [-0.15, -0.1) is 0 Å². The highest BCUT2D eigenvalue weighted by molar-refractivity contribution is 7.89. The van der Waals surface area contributed by atoms with Crippen LogP contribution < -0.4 is 0 Å². The molecule has 0 unspecified atom stereocenters. The molecule has 0 aliphatic rings. The molecule has 3 aromatic carbocycles. The van der Waals surface area contributed by atoms with Crippen molar-refractivity contribution < 1.29 is 8.42 Å². The standard InChI is InChI=1S/C30H24N6O2S/c1-39(37,38)36-21-33-17-27(36)20-35(19-26-12-10-23(14-31)16-34-26)18-22-9-11-25(15-32)30(13-22)29-8-4-6-24-5-2-3-7-28(24)29/h2-13,16-17,21H,18-20H2,1H3. The Balaban J connectivity index is 1.53. The first kappa shape index (κ1) is 25.8. The minimum Gasteiger partial charge on any atom is -0.287 e. The molecule has 0 aliphatic heterocycles. The monoisotopic (exact) mass is 532 g/mol. The van der Waals surface area contributed by atoms with Gasteiger partial charge in [-0.1, -0.05) is 48.5 Å². The van der Waals surface area contributed by atoms with Crippen LogP contribution in [0.5, 0.6) is 0 Å². The fourth-order valence-electron chi connectivity index (χ4n) is 4.66. The van der Waals surface area contributed by atoms with Crippen LogP contribution in [-0.2, 0) is 29.7 Å². The van der Waals surface area contributed by atoms with Crippen LogP contribution in [0.15, 0.2) is 91.5 Å². The Morgan fingerprint density at radius 3 is 2.44 bits per heavy atom. The predicted octanol–water partition coefficient (Wildman–Crippen LogP) is 4.85. The molecular formula is C30H24N6O2S. The van der Waals surface area contributed by atoms with Crippen LogP contribution in [0, 0.1) is 22.7 Å². The van der Waals surface area contributed by atoms with E-state index in [0.29, 0.717) is 36.5 Å². The molecule has 0 N–H and O–H groups in total. The summed E-state index contributed by atoms with van der Waals surface area (Å²) < 4.78 is 25.8. The first-order valence-electron chi connectivity index (χ1n) is 12.2. The zero-order chi connectivity index (χ0) is 27.4. The summed E-state index contributed by atoms with van der Waals surface area (Å²) in [5.41, 5.74) is 5.07. The Kier molecular flexibility index (Phi) is 7.20. The molecule has 0 atom stereocenters. The number of imidazole rings is 1. The lowest BCUT2D eigenvalue weighted by molar-refractivity contribution is 0.241. The summed E-state index contributed by atoms with van der Waals surface area (Å²) in [6, 6.07) is 27.8.